The van der Waals surface area contributed by atoms with Gasteiger partial charge < -0.3 is 20.6 Å². The van der Waals surface area contributed by atoms with E-state index in [4.69, 9.17) is 5.73 Å². The van der Waals surface area contributed by atoms with Gasteiger partial charge in [0.15, 0.2) is 0 Å². The van der Waals surface area contributed by atoms with Crippen LogP contribution in [-0.2, 0) is 11.2 Å². The topological polar surface area (TPSA) is 86.9 Å². The highest BCUT2D eigenvalue weighted by atomic mass is 35.5. The zero-order valence-electron chi connectivity index (χ0n) is 15.6. The molecule has 0 unspecified atom stereocenters. The van der Waals surface area contributed by atoms with E-state index in [0.29, 0.717) is 38.0 Å². The second kappa shape index (κ2) is 9.73. The number of rotatable bonds is 4. The normalized spacial score (nSPS) is 25.0. The number of carbonyl (C=O) groups excluding carboxylic acids is 1. The quantitative estimate of drug-likeness (QED) is 0.782. The van der Waals surface area contributed by atoms with Crippen LogP contribution >= 0.6 is 24.8 Å². The Morgan fingerprint density at radius 3 is 2.44 bits per heavy atom. The van der Waals surface area contributed by atoms with E-state index in [9.17, 15) is 14.7 Å². The minimum atomic E-state index is -0.720. The van der Waals surface area contributed by atoms with Crippen LogP contribution in [0.15, 0.2) is 24.3 Å². The third-order valence-corrected chi connectivity index (χ3v) is 5.87. The molecule has 3 N–H and O–H groups in total. The third kappa shape index (κ3) is 4.57. The Morgan fingerprint density at radius 1 is 1.19 bits per heavy atom. The SMILES string of the molecule is CN1CCC[C@]2(C(=O)O)CCN(C(=O)c3ccc(CCN)cc3)C[C@@H]12.Cl.Cl. The zero-order valence-corrected chi connectivity index (χ0v) is 17.2. The monoisotopic (exact) mass is 417 g/mol. The largest absolute Gasteiger partial charge is 0.481 e. The Morgan fingerprint density at radius 2 is 1.85 bits per heavy atom. The van der Waals surface area contributed by atoms with Crippen molar-refractivity contribution in [3.05, 3.63) is 35.4 Å². The molecule has 6 nitrogen and oxygen atoms in total. The number of benzene rings is 1. The molecule has 152 valence electrons. The first-order valence-electron chi connectivity index (χ1n) is 9.00. The van der Waals surface area contributed by atoms with E-state index in [1.54, 1.807) is 0 Å². The molecule has 1 aromatic carbocycles. The van der Waals surface area contributed by atoms with E-state index < -0.39 is 11.4 Å². The van der Waals surface area contributed by atoms with Crippen LogP contribution in [0.4, 0.5) is 0 Å². The van der Waals surface area contributed by atoms with Crippen LogP contribution in [0.25, 0.3) is 0 Å². The molecule has 27 heavy (non-hydrogen) atoms. The molecule has 0 aliphatic carbocycles. The minimum Gasteiger partial charge on any atom is -0.481 e. The Balaban J connectivity index is 0.00000182. The molecule has 2 fully saturated rings. The number of carboxylic acid groups (broad SMARTS) is 1. The fraction of sp³-hybridized carbons (Fsp3) is 0.579. The molecular formula is C19H29Cl2N3O3. The number of likely N-dealkylation sites (N-methyl/N-ethyl adjacent to an activating group) is 1. The van der Waals surface area contributed by atoms with Gasteiger partial charge in [-0.1, -0.05) is 12.1 Å². The van der Waals surface area contributed by atoms with E-state index in [1.807, 2.05) is 36.2 Å². The summed E-state index contributed by atoms with van der Waals surface area (Å²) in [7, 11) is 1.97. The number of fused-ring (bicyclic) bond motifs is 1. The second-order valence-electron chi connectivity index (χ2n) is 7.30. The number of likely N-dealkylation sites (tertiary alicyclic amines) is 2. The number of aliphatic carboxylic acids is 1. The molecule has 1 aromatic rings. The summed E-state index contributed by atoms with van der Waals surface area (Å²) < 4.78 is 0. The van der Waals surface area contributed by atoms with Gasteiger partial charge in [-0.15, -0.1) is 24.8 Å². The smallest absolute Gasteiger partial charge is 0.311 e. The van der Waals surface area contributed by atoms with E-state index in [1.165, 1.54) is 0 Å². The van der Waals surface area contributed by atoms with E-state index in [0.717, 1.165) is 24.9 Å². The van der Waals surface area contributed by atoms with Crippen LogP contribution in [0.3, 0.4) is 0 Å². The van der Waals surface area contributed by atoms with E-state index in [-0.39, 0.29) is 36.8 Å². The summed E-state index contributed by atoms with van der Waals surface area (Å²) in [4.78, 5) is 28.7. The molecule has 2 heterocycles. The van der Waals surface area contributed by atoms with Crippen molar-refractivity contribution in [2.24, 2.45) is 11.1 Å². The first-order chi connectivity index (χ1) is 12.0. The number of nitrogens with two attached hydrogens (primary N) is 1. The molecular weight excluding hydrogens is 389 g/mol. The summed E-state index contributed by atoms with van der Waals surface area (Å²) in [5.74, 6) is -0.737. The number of halogens is 2. The van der Waals surface area contributed by atoms with Crippen LogP contribution in [0.1, 0.15) is 35.2 Å². The van der Waals surface area contributed by atoms with Crippen molar-refractivity contribution in [2.75, 3.05) is 33.2 Å². The molecule has 2 aliphatic rings. The van der Waals surface area contributed by atoms with Gasteiger partial charge in [-0.25, -0.2) is 0 Å². The molecule has 1 amide bonds. The van der Waals surface area contributed by atoms with Crippen molar-refractivity contribution in [1.29, 1.82) is 0 Å². The average Bonchev–Trinajstić information content (AvgIpc) is 2.62. The maximum absolute atomic E-state index is 12.9. The fourth-order valence-corrected chi connectivity index (χ4v) is 4.33. The lowest BCUT2D eigenvalue weighted by Gasteiger charge is -2.51. The fourth-order valence-electron chi connectivity index (χ4n) is 4.33. The summed E-state index contributed by atoms with van der Waals surface area (Å²) in [5.41, 5.74) is 6.62. The first kappa shape index (κ1) is 23.7. The third-order valence-electron chi connectivity index (χ3n) is 5.87. The van der Waals surface area contributed by atoms with Gasteiger partial charge in [0.2, 0.25) is 0 Å². The summed E-state index contributed by atoms with van der Waals surface area (Å²) in [6.07, 6.45) is 2.92. The summed E-state index contributed by atoms with van der Waals surface area (Å²) in [6, 6.07) is 7.46. The molecule has 0 saturated carbocycles. The lowest BCUT2D eigenvalue weighted by Crippen LogP contribution is -2.63. The molecule has 2 aliphatic heterocycles. The molecule has 3 rings (SSSR count). The lowest BCUT2D eigenvalue weighted by atomic mass is 9.68. The van der Waals surface area contributed by atoms with Crippen molar-refractivity contribution in [2.45, 2.75) is 31.7 Å². The molecule has 0 aromatic heterocycles. The number of amides is 1. The van der Waals surface area contributed by atoms with Crippen LogP contribution in [-0.4, -0.2) is 66.1 Å². The Hall–Kier alpha value is -1.34. The summed E-state index contributed by atoms with van der Waals surface area (Å²) >= 11 is 0. The van der Waals surface area contributed by atoms with Gasteiger partial charge in [0.25, 0.3) is 5.91 Å². The molecule has 0 bridgehead atoms. The number of hydrogen-bond donors (Lipinski definition) is 2. The zero-order chi connectivity index (χ0) is 18.0. The number of nitrogens with zero attached hydrogens (tertiary/aromatic N) is 2. The van der Waals surface area contributed by atoms with Gasteiger partial charge in [0.1, 0.15) is 0 Å². The second-order valence-corrected chi connectivity index (χ2v) is 7.30. The molecule has 8 heteroatoms. The number of carboxylic acids is 1. The average molecular weight is 418 g/mol. The predicted molar refractivity (Wildman–Crippen MR) is 110 cm³/mol. The maximum atomic E-state index is 12.9. The number of piperidine rings is 2. The predicted octanol–water partition coefficient (Wildman–Crippen LogP) is 2.04. The van der Waals surface area contributed by atoms with Crippen molar-refractivity contribution >= 4 is 36.7 Å². The van der Waals surface area contributed by atoms with Crippen LogP contribution in [0.5, 0.6) is 0 Å². The van der Waals surface area contributed by atoms with Gasteiger partial charge in [-0.3, -0.25) is 9.59 Å². The molecule has 0 spiro atoms. The minimum absolute atomic E-state index is 0. The first-order valence-corrected chi connectivity index (χ1v) is 9.00. The van der Waals surface area contributed by atoms with E-state index >= 15 is 0 Å². The lowest BCUT2D eigenvalue weighted by molar-refractivity contribution is -0.161. The van der Waals surface area contributed by atoms with Crippen LogP contribution in [0.2, 0.25) is 0 Å². The Labute approximate surface area is 172 Å². The molecule has 2 saturated heterocycles. The maximum Gasteiger partial charge on any atom is 0.311 e. The summed E-state index contributed by atoms with van der Waals surface area (Å²) in [6.45, 7) is 2.45. The van der Waals surface area contributed by atoms with Crippen molar-refractivity contribution in [3.8, 4) is 0 Å². The Kier molecular flexibility index (Phi) is 8.54. The van der Waals surface area contributed by atoms with Crippen LogP contribution in [0, 0.1) is 5.41 Å². The summed E-state index contributed by atoms with van der Waals surface area (Å²) in [5, 5.41) is 9.82. The highest BCUT2D eigenvalue weighted by Gasteiger charge is 2.52. The molecule has 2 atom stereocenters. The van der Waals surface area contributed by atoms with Gasteiger partial charge >= 0.3 is 5.97 Å². The number of hydrogen-bond acceptors (Lipinski definition) is 4. The van der Waals surface area contributed by atoms with Crippen LogP contribution < -0.4 is 5.73 Å². The highest BCUT2D eigenvalue weighted by molar-refractivity contribution is 5.94. The number of carbonyl (C=O) groups is 2. The van der Waals surface area contributed by atoms with Gasteiger partial charge in [0, 0.05) is 24.7 Å². The molecule has 0 radical (unpaired) electrons. The Bertz CT molecular complexity index is 656. The van der Waals surface area contributed by atoms with Crippen molar-refractivity contribution < 1.29 is 14.7 Å². The standard InChI is InChI=1S/C19H27N3O3.2ClH/c1-21-11-2-8-19(18(24)25)9-12-22(13-16(19)21)17(23)15-5-3-14(4-6-15)7-10-20;;/h3-6,16H,2,7-13,20H2,1H3,(H,24,25);2*1H/t16-,19+;;/m1../s1. The van der Waals surface area contributed by atoms with Crippen molar-refractivity contribution in [1.82, 2.24) is 9.80 Å². The highest BCUT2D eigenvalue weighted by Crippen LogP contribution is 2.42. The van der Waals surface area contributed by atoms with Gasteiger partial charge in [-0.05, 0) is 63.5 Å². The van der Waals surface area contributed by atoms with Gasteiger partial charge in [-0.2, -0.15) is 0 Å². The van der Waals surface area contributed by atoms with E-state index in [2.05, 4.69) is 4.90 Å². The van der Waals surface area contributed by atoms with Crippen molar-refractivity contribution in [3.63, 3.8) is 0 Å². The van der Waals surface area contributed by atoms with Gasteiger partial charge in [0.05, 0.1) is 5.41 Å².